The van der Waals surface area contributed by atoms with Gasteiger partial charge in [0.15, 0.2) is 5.69 Å². The molecule has 36 heavy (non-hydrogen) atoms. The Morgan fingerprint density at radius 2 is 1.64 bits per heavy atom. The van der Waals surface area contributed by atoms with Crippen molar-refractivity contribution in [2.75, 3.05) is 30.6 Å². The smallest absolute Gasteiger partial charge is 0.435 e. The average molecular weight is 514 g/mol. The summed E-state index contributed by atoms with van der Waals surface area (Å²) < 4.78 is 48.8. The summed E-state index contributed by atoms with van der Waals surface area (Å²) in [5.41, 5.74) is 0.920. The molecule has 5 nitrogen and oxygen atoms in total. The Hall–Kier alpha value is -2.94. The Morgan fingerprint density at radius 1 is 1.00 bits per heavy atom. The van der Waals surface area contributed by atoms with Crippen LogP contribution in [-0.2, 0) is 17.0 Å². The number of nitrogens with zero attached hydrogens (tertiary/aromatic N) is 3. The molecule has 3 aromatic rings. The molecule has 0 saturated heterocycles. The minimum absolute atomic E-state index is 0.00126. The fourth-order valence-corrected chi connectivity index (χ4v) is 6.52. The number of methoxy groups -OCH3 is 1. The Labute approximate surface area is 211 Å². The van der Waals surface area contributed by atoms with E-state index in [4.69, 9.17) is 4.74 Å². The number of hydrogen-bond acceptors (Lipinski definition) is 4. The third kappa shape index (κ3) is 3.62. The van der Waals surface area contributed by atoms with Crippen LogP contribution in [0.3, 0.4) is 0 Å². The maximum Gasteiger partial charge on any atom is 0.435 e. The first-order valence-electron chi connectivity index (χ1n) is 12.0. The first-order valence-corrected chi connectivity index (χ1v) is 13.4. The third-order valence-electron chi connectivity index (χ3n) is 7.83. The number of ether oxygens (including phenoxy) is 1. The van der Waals surface area contributed by atoms with E-state index in [-0.39, 0.29) is 23.2 Å². The molecule has 0 radical (unpaired) electrons. The number of carbonyl (C=O) groups excluding carboxylic acids is 1. The minimum Gasteiger partial charge on any atom is -0.497 e. The number of fused-ring (bicyclic) bond motifs is 2. The molecular formula is C27H26F3N3O2S. The number of benzene rings is 2. The molecule has 0 unspecified atom stereocenters. The van der Waals surface area contributed by atoms with Gasteiger partial charge >= 0.3 is 6.18 Å². The zero-order valence-corrected chi connectivity index (χ0v) is 20.9. The summed E-state index contributed by atoms with van der Waals surface area (Å²) in [5, 5.41) is 3.98. The maximum absolute atomic E-state index is 14.1. The maximum atomic E-state index is 14.1. The molecule has 2 saturated carbocycles. The van der Waals surface area contributed by atoms with E-state index in [1.165, 1.54) is 12.7 Å². The van der Waals surface area contributed by atoms with Gasteiger partial charge in [0.05, 0.1) is 12.8 Å². The first-order chi connectivity index (χ1) is 17.2. The summed E-state index contributed by atoms with van der Waals surface area (Å²) in [7, 11) is 1.52. The Kier molecular flexibility index (Phi) is 5.23. The minimum atomic E-state index is -4.66. The number of aromatic nitrogens is 2. The lowest BCUT2D eigenvalue weighted by Gasteiger charge is -2.34. The van der Waals surface area contributed by atoms with Gasteiger partial charge in [0.25, 0.3) is 5.91 Å². The molecule has 1 amide bonds. The van der Waals surface area contributed by atoms with Gasteiger partial charge < -0.3 is 9.64 Å². The van der Waals surface area contributed by atoms with E-state index in [0.29, 0.717) is 30.0 Å². The number of rotatable bonds is 6. The lowest BCUT2D eigenvalue weighted by molar-refractivity contribution is -0.142. The van der Waals surface area contributed by atoms with Crippen molar-refractivity contribution >= 4 is 23.4 Å². The summed E-state index contributed by atoms with van der Waals surface area (Å²) in [4.78, 5) is 15.5. The van der Waals surface area contributed by atoms with E-state index in [2.05, 4.69) is 23.5 Å². The number of hydrogen-bond donors (Lipinski definition) is 0. The van der Waals surface area contributed by atoms with Crippen molar-refractivity contribution in [2.24, 2.45) is 0 Å². The molecule has 1 aromatic heterocycles. The Balaban J connectivity index is 1.44. The predicted molar refractivity (Wildman–Crippen MR) is 133 cm³/mol. The fraction of sp³-hybridized carbons (Fsp3) is 0.407. The summed E-state index contributed by atoms with van der Waals surface area (Å²) in [6.45, 7) is 0.228. The summed E-state index contributed by atoms with van der Waals surface area (Å²) >= 11 is 1.83. The van der Waals surface area contributed by atoms with Crippen LogP contribution < -0.4 is 9.64 Å². The van der Waals surface area contributed by atoms with Crippen LogP contribution in [0, 0.1) is 0 Å². The van der Waals surface area contributed by atoms with Crippen molar-refractivity contribution in [3.8, 4) is 11.4 Å². The van der Waals surface area contributed by atoms with Gasteiger partial charge in [-0.05, 0) is 73.9 Å². The molecule has 6 rings (SSSR count). The summed E-state index contributed by atoms with van der Waals surface area (Å²) in [6.07, 6.45) is 0.950. The number of carbonyl (C=O) groups is 1. The largest absolute Gasteiger partial charge is 0.497 e. The highest BCUT2D eigenvalue weighted by molar-refractivity contribution is 7.98. The molecule has 2 aromatic carbocycles. The number of anilines is 1. The second-order valence-electron chi connectivity index (χ2n) is 10.1. The van der Waals surface area contributed by atoms with Gasteiger partial charge in [0.1, 0.15) is 11.4 Å². The topological polar surface area (TPSA) is 47.4 Å². The van der Waals surface area contributed by atoms with Crippen LogP contribution in [0.15, 0.2) is 48.5 Å². The zero-order chi connectivity index (χ0) is 25.3. The van der Waals surface area contributed by atoms with Crippen LogP contribution in [0.25, 0.3) is 5.69 Å². The summed E-state index contributed by atoms with van der Waals surface area (Å²) in [6, 6.07) is 14.6. The van der Waals surface area contributed by atoms with Gasteiger partial charge in [-0.25, -0.2) is 4.68 Å². The number of alkyl halides is 3. The van der Waals surface area contributed by atoms with Crippen LogP contribution in [0.1, 0.15) is 53.0 Å². The number of thioether (sulfide) groups is 1. The van der Waals surface area contributed by atoms with Crippen LogP contribution in [0.2, 0.25) is 0 Å². The van der Waals surface area contributed by atoms with Crippen molar-refractivity contribution in [3.63, 3.8) is 0 Å². The zero-order valence-electron chi connectivity index (χ0n) is 20.1. The standard InChI is InChI=1S/C27H26F3N3O2S/c1-35-20-9-7-19(8-10-20)33-22-21(23(31-33)27(28,29)30)25(11-12-25)15-32(24(22)34)18-5-3-17(4-6-18)26(13-14-26)16-36-2/h3-10H,11-16H2,1-2H3. The van der Waals surface area contributed by atoms with Crippen LogP contribution in [0.5, 0.6) is 5.75 Å². The molecule has 1 spiro atoms. The lowest BCUT2D eigenvalue weighted by atomic mass is 9.88. The highest BCUT2D eigenvalue weighted by Gasteiger charge is 2.58. The lowest BCUT2D eigenvalue weighted by Crippen LogP contribution is -2.44. The fourth-order valence-electron chi connectivity index (χ4n) is 5.51. The predicted octanol–water partition coefficient (Wildman–Crippen LogP) is 5.99. The molecule has 1 aliphatic heterocycles. The molecule has 2 heterocycles. The molecule has 0 atom stereocenters. The normalized spacial score (nSPS) is 19.4. The van der Waals surface area contributed by atoms with Crippen LogP contribution in [-0.4, -0.2) is 41.4 Å². The molecule has 9 heteroatoms. The first kappa shape index (κ1) is 23.5. The number of halogens is 3. The van der Waals surface area contributed by atoms with E-state index in [9.17, 15) is 18.0 Å². The van der Waals surface area contributed by atoms with Gasteiger partial charge in [0, 0.05) is 34.4 Å². The van der Waals surface area contributed by atoms with Gasteiger partial charge in [-0.3, -0.25) is 4.79 Å². The Bertz CT molecular complexity index is 1320. The Morgan fingerprint density at radius 3 is 2.17 bits per heavy atom. The van der Waals surface area contributed by atoms with Crippen LogP contribution in [0.4, 0.5) is 18.9 Å². The highest BCUT2D eigenvalue weighted by Crippen LogP contribution is 2.56. The summed E-state index contributed by atoms with van der Waals surface area (Å²) in [5.74, 6) is 1.17. The molecule has 3 aliphatic rings. The van der Waals surface area contributed by atoms with E-state index in [1.807, 2.05) is 23.9 Å². The average Bonchev–Trinajstić information content (AvgIpc) is 3.78. The quantitative estimate of drug-likeness (QED) is 0.407. The van der Waals surface area contributed by atoms with Crippen molar-refractivity contribution in [2.45, 2.75) is 42.7 Å². The monoisotopic (exact) mass is 513 g/mol. The molecule has 0 N–H and O–H groups in total. The van der Waals surface area contributed by atoms with E-state index in [1.54, 1.807) is 29.2 Å². The molecule has 2 aliphatic carbocycles. The molecular weight excluding hydrogens is 487 g/mol. The second kappa shape index (κ2) is 8.03. The number of amides is 1. The van der Waals surface area contributed by atoms with Crippen molar-refractivity contribution in [1.29, 1.82) is 0 Å². The van der Waals surface area contributed by atoms with Crippen molar-refractivity contribution < 1.29 is 22.7 Å². The SMILES string of the molecule is COc1ccc(-n2nc(C(F)(F)F)c3c2C(=O)N(c2ccc(C4(CSC)CC4)cc2)CC32CC2)cc1. The van der Waals surface area contributed by atoms with Gasteiger partial charge in [0.2, 0.25) is 0 Å². The highest BCUT2D eigenvalue weighted by atomic mass is 32.2. The van der Waals surface area contributed by atoms with E-state index < -0.39 is 23.2 Å². The van der Waals surface area contributed by atoms with Crippen molar-refractivity contribution in [3.05, 3.63) is 71.0 Å². The molecule has 2 fully saturated rings. The molecule has 0 bridgehead atoms. The second-order valence-corrected chi connectivity index (χ2v) is 11.0. The van der Waals surface area contributed by atoms with Gasteiger partial charge in [-0.2, -0.15) is 30.0 Å². The van der Waals surface area contributed by atoms with E-state index in [0.717, 1.165) is 23.3 Å². The third-order valence-corrected chi connectivity index (χ3v) is 8.67. The van der Waals surface area contributed by atoms with E-state index >= 15 is 0 Å². The van der Waals surface area contributed by atoms with Crippen LogP contribution >= 0.6 is 11.8 Å². The van der Waals surface area contributed by atoms with Gasteiger partial charge in [-0.15, -0.1) is 0 Å². The molecule has 188 valence electrons. The van der Waals surface area contributed by atoms with Crippen molar-refractivity contribution in [1.82, 2.24) is 9.78 Å². The van der Waals surface area contributed by atoms with Gasteiger partial charge in [-0.1, -0.05) is 12.1 Å².